The van der Waals surface area contributed by atoms with Crippen molar-refractivity contribution in [1.29, 1.82) is 0 Å². The number of Topliss-reactive ketones (excluding diaryl/α,β-unsaturated/α-hetero) is 1. The van der Waals surface area contributed by atoms with Crippen LogP contribution in [0.5, 0.6) is 0 Å². The van der Waals surface area contributed by atoms with Crippen LogP contribution in [0.1, 0.15) is 31.2 Å². The van der Waals surface area contributed by atoms with E-state index in [0.29, 0.717) is 15.6 Å². The van der Waals surface area contributed by atoms with Crippen LogP contribution in [-0.2, 0) is 29.1 Å². The van der Waals surface area contributed by atoms with Crippen LogP contribution in [-0.4, -0.2) is 45.1 Å². The van der Waals surface area contributed by atoms with Crippen molar-refractivity contribution < 1.29 is 27.5 Å². The molecule has 1 atom stereocenters. The number of hydrogen-bond donors (Lipinski definition) is 2. The Bertz CT molecular complexity index is 1200. The Morgan fingerprint density at radius 1 is 1.15 bits per heavy atom. The Morgan fingerprint density at radius 2 is 1.88 bits per heavy atom. The van der Waals surface area contributed by atoms with Gasteiger partial charge in [0.05, 0.1) is 18.2 Å². The van der Waals surface area contributed by atoms with Crippen LogP contribution >= 0.6 is 22.6 Å². The number of ether oxygens (including phenoxy) is 1. The number of amidine groups is 1. The molecule has 0 bridgehead atoms. The number of halogens is 1. The summed E-state index contributed by atoms with van der Waals surface area (Å²) in [6.45, 7) is 1.53. The van der Waals surface area contributed by atoms with E-state index in [2.05, 4.69) is 15.0 Å². The second kappa shape index (κ2) is 10.9. The molecule has 1 unspecified atom stereocenters. The quantitative estimate of drug-likeness (QED) is 0.343. The zero-order valence-corrected chi connectivity index (χ0v) is 20.7. The molecule has 2 aromatic carbocycles. The van der Waals surface area contributed by atoms with Crippen molar-refractivity contribution in [1.82, 2.24) is 5.32 Å². The van der Waals surface area contributed by atoms with Gasteiger partial charge < -0.3 is 15.4 Å². The molecule has 0 radical (unpaired) electrons. The van der Waals surface area contributed by atoms with Gasteiger partial charge in [-0.3, -0.25) is 14.4 Å². The van der Waals surface area contributed by atoms with Crippen LogP contribution in [0.3, 0.4) is 0 Å². The molecule has 0 aromatic heterocycles. The molecule has 11 heteroatoms. The average molecular weight is 583 g/mol. The highest BCUT2D eigenvalue weighted by molar-refractivity contribution is 14.1. The van der Waals surface area contributed by atoms with E-state index in [4.69, 9.17) is 4.74 Å². The summed E-state index contributed by atoms with van der Waals surface area (Å²) in [6, 6.07) is 13.4. The lowest BCUT2D eigenvalue weighted by atomic mass is 9.99. The molecule has 1 aliphatic rings. The highest BCUT2D eigenvalue weighted by Gasteiger charge is 2.30. The summed E-state index contributed by atoms with van der Waals surface area (Å²) in [6.07, 6.45) is 0.475. The first-order valence-corrected chi connectivity index (χ1v) is 12.7. The van der Waals surface area contributed by atoms with E-state index >= 15 is 0 Å². The van der Waals surface area contributed by atoms with Crippen molar-refractivity contribution >= 4 is 61.8 Å². The predicted octanol–water partition coefficient (Wildman–Crippen LogP) is 2.62. The maximum absolute atomic E-state index is 12.7. The lowest BCUT2D eigenvalue weighted by molar-refractivity contribution is -0.146. The van der Waals surface area contributed by atoms with E-state index in [1.165, 1.54) is 6.07 Å². The van der Waals surface area contributed by atoms with Crippen molar-refractivity contribution in [3.8, 4) is 0 Å². The second-order valence-electron chi connectivity index (χ2n) is 7.16. The number of amides is 1. The summed E-state index contributed by atoms with van der Waals surface area (Å²) in [7, 11) is -4.05. The second-order valence-corrected chi connectivity index (χ2v) is 9.98. The molecular formula is C22H22IN3O6S. The number of rotatable bonds is 9. The van der Waals surface area contributed by atoms with E-state index in [9.17, 15) is 22.8 Å². The molecule has 1 amide bonds. The SMILES string of the molecule is CCC(=O)CCOC(=O)C(CNC(=O)C1=NS(=O)(=O)c2cc(I)ccc2N1)c1ccccc1. The lowest BCUT2D eigenvalue weighted by Gasteiger charge is -2.20. The summed E-state index contributed by atoms with van der Waals surface area (Å²) < 4.78 is 34.5. The van der Waals surface area contributed by atoms with Gasteiger partial charge in [0.15, 0.2) is 0 Å². The molecule has 174 valence electrons. The molecule has 0 saturated carbocycles. The van der Waals surface area contributed by atoms with Gasteiger partial charge in [-0.25, -0.2) is 0 Å². The largest absolute Gasteiger partial charge is 0.465 e. The summed E-state index contributed by atoms with van der Waals surface area (Å²) in [5.74, 6) is -2.64. The third-order valence-corrected chi connectivity index (χ3v) is 6.86. The van der Waals surface area contributed by atoms with Gasteiger partial charge in [-0.1, -0.05) is 37.3 Å². The van der Waals surface area contributed by atoms with Gasteiger partial charge in [0.2, 0.25) is 5.84 Å². The first-order valence-electron chi connectivity index (χ1n) is 10.1. The van der Waals surface area contributed by atoms with Crippen LogP contribution in [0, 0.1) is 3.57 Å². The molecule has 2 aromatic rings. The van der Waals surface area contributed by atoms with E-state index in [0.717, 1.165) is 0 Å². The molecule has 2 N–H and O–H groups in total. The fourth-order valence-corrected chi connectivity index (χ4v) is 4.92. The number of ketones is 1. The highest BCUT2D eigenvalue weighted by Crippen LogP contribution is 2.28. The maximum Gasteiger partial charge on any atom is 0.315 e. The molecule has 33 heavy (non-hydrogen) atoms. The summed E-state index contributed by atoms with van der Waals surface area (Å²) in [5, 5.41) is 5.28. The van der Waals surface area contributed by atoms with Crippen molar-refractivity contribution in [2.24, 2.45) is 4.40 Å². The molecule has 3 rings (SSSR count). The molecule has 0 fully saturated rings. The Labute approximate surface area is 205 Å². The zero-order chi connectivity index (χ0) is 24.0. The number of nitrogens with one attached hydrogen (secondary N) is 2. The average Bonchev–Trinajstić information content (AvgIpc) is 2.79. The summed E-state index contributed by atoms with van der Waals surface area (Å²) >= 11 is 1.99. The van der Waals surface area contributed by atoms with Gasteiger partial charge >= 0.3 is 5.97 Å². The Hall–Kier alpha value is -2.80. The molecule has 1 heterocycles. The first kappa shape index (κ1) is 24.8. The van der Waals surface area contributed by atoms with Crippen LogP contribution in [0.25, 0.3) is 0 Å². The van der Waals surface area contributed by atoms with Crippen molar-refractivity contribution in [3.05, 3.63) is 57.7 Å². The normalized spacial score (nSPS) is 14.8. The molecular weight excluding hydrogens is 561 g/mol. The fraction of sp³-hybridized carbons (Fsp3) is 0.273. The predicted molar refractivity (Wildman–Crippen MR) is 130 cm³/mol. The third kappa shape index (κ3) is 6.38. The number of carbonyl (C=O) groups excluding carboxylic acids is 3. The first-order chi connectivity index (χ1) is 15.7. The molecule has 1 aliphatic heterocycles. The van der Waals surface area contributed by atoms with Gasteiger partial charge in [0, 0.05) is 23.0 Å². The standard InChI is InChI=1S/C22H22IN3O6S/c1-2-16(27)10-11-32-22(29)17(14-6-4-3-5-7-14)13-24-21(28)20-25-18-9-8-15(23)12-19(18)33(30,31)26-20/h3-9,12,17H,2,10-11,13H2,1H3,(H,24,28)(H,25,26). The maximum atomic E-state index is 12.7. The van der Waals surface area contributed by atoms with Crippen LogP contribution in [0.4, 0.5) is 5.69 Å². The number of anilines is 1. The van der Waals surface area contributed by atoms with Crippen molar-refractivity contribution in [2.75, 3.05) is 18.5 Å². The van der Waals surface area contributed by atoms with Crippen LogP contribution in [0.2, 0.25) is 0 Å². The number of carbonyl (C=O) groups is 3. The highest BCUT2D eigenvalue weighted by atomic mass is 127. The van der Waals surface area contributed by atoms with Crippen LogP contribution < -0.4 is 10.6 Å². The fourth-order valence-electron chi connectivity index (χ4n) is 3.07. The number of hydrogen-bond acceptors (Lipinski definition) is 7. The van der Waals surface area contributed by atoms with Gasteiger partial charge in [-0.2, -0.15) is 8.42 Å². The van der Waals surface area contributed by atoms with E-state index in [-0.39, 0.29) is 35.9 Å². The minimum atomic E-state index is -4.05. The monoisotopic (exact) mass is 583 g/mol. The summed E-state index contributed by atoms with van der Waals surface area (Å²) in [5.41, 5.74) is 0.853. The molecule has 0 saturated heterocycles. The Balaban J connectivity index is 1.72. The number of fused-ring (bicyclic) bond motifs is 1. The lowest BCUT2D eigenvalue weighted by Crippen LogP contribution is -2.41. The van der Waals surface area contributed by atoms with E-state index < -0.39 is 33.7 Å². The Kier molecular flexibility index (Phi) is 8.19. The Morgan fingerprint density at radius 3 is 2.58 bits per heavy atom. The molecule has 0 aliphatic carbocycles. The zero-order valence-electron chi connectivity index (χ0n) is 17.7. The number of nitrogens with zero attached hydrogens (tertiary/aromatic N) is 1. The minimum Gasteiger partial charge on any atom is -0.465 e. The van der Waals surface area contributed by atoms with Crippen LogP contribution in [0.15, 0.2) is 57.8 Å². The van der Waals surface area contributed by atoms with E-state index in [1.54, 1.807) is 49.4 Å². The molecule has 0 spiro atoms. The smallest absolute Gasteiger partial charge is 0.315 e. The number of benzene rings is 2. The van der Waals surface area contributed by atoms with Crippen molar-refractivity contribution in [3.63, 3.8) is 0 Å². The third-order valence-electron chi connectivity index (χ3n) is 4.87. The van der Waals surface area contributed by atoms with E-state index in [1.807, 2.05) is 22.6 Å². The van der Waals surface area contributed by atoms with Crippen molar-refractivity contribution in [2.45, 2.75) is 30.6 Å². The van der Waals surface area contributed by atoms with Gasteiger partial charge in [-0.15, -0.1) is 4.40 Å². The minimum absolute atomic E-state index is 0.0154. The number of sulfonamides is 1. The topological polar surface area (TPSA) is 131 Å². The van der Waals surface area contributed by atoms with Gasteiger partial charge in [0.25, 0.3) is 15.9 Å². The number of esters is 1. The van der Waals surface area contributed by atoms with Gasteiger partial charge in [0.1, 0.15) is 10.7 Å². The summed E-state index contributed by atoms with van der Waals surface area (Å²) in [4.78, 5) is 36.8. The molecule has 9 nitrogen and oxygen atoms in total. The van der Waals surface area contributed by atoms with Gasteiger partial charge in [-0.05, 0) is 46.4 Å².